The number of carbonyl (C=O) groups excluding carboxylic acids is 1. The van der Waals surface area contributed by atoms with E-state index in [1.807, 2.05) is 69.3 Å². The SMILES string of the molecule is Cc1ccc(-c2ccnc3c2c(C)nn3CC(=O)Nc2cc(Oc3ccccc3C)cc([N+](=O)[O-])c2)cc1. The molecule has 0 aliphatic rings. The van der Waals surface area contributed by atoms with Gasteiger partial charge in [0.1, 0.15) is 18.0 Å². The van der Waals surface area contributed by atoms with E-state index in [0.717, 1.165) is 33.3 Å². The average molecular weight is 508 g/mol. The number of carbonyl (C=O) groups is 1. The van der Waals surface area contributed by atoms with Gasteiger partial charge in [-0.15, -0.1) is 0 Å². The van der Waals surface area contributed by atoms with Gasteiger partial charge in [-0.05, 0) is 49.6 Å². The van der Waals surface area contributed by atoms with Crippen molar-refractivity contribution in [3.8, 4) is 22.6 Å². The van der Waals surface area contributed by atoms with E-state index in [2.05, 4.69) is 15.4 Å². The highest BCUT2D eigenvalue weighted by Gasteiger charge is 2.18. The lowest BCUT2D eigenvalue weighted by Gasteiger charge is -2.11. The Bertz CT molecular complexity index is 1680. The molecule has 3 aromatic carbocycles. The number of aromatic nitrogens is 3. The molecule has 0 unspecified atom stereocenters. The number of non-ortho nitro benzene ring substituents is 1. The van der Waals surface area contributed by atoms with Crippen molar-refractivity contribution >= 4 is 28.3 Å². The molecule has 0 bridgehead atoms. The highest BCUT2D eigenvalue weighted by molar-refractivity contribution is 5.96. The van der Waals surface area contributed by atoms with Gasteiger partial charge in [0.05, 0.1) is 22.4 Å². The zero-order chi connectivity index (χ0) is 26.8. The second kappa shape index (κ2) is 10.1. The first kappa shape index (κ1) is 24.6. The third-order valence-corrected chi connectivity index (χ3v) is 6.17. The quantitative estimate of drug-likeness (QED) is 0.203. The lowest BCUT2D eigenvalue weighted by molar-refractivity contribution is -0.384. The molecule has 0 aliphatic carbocycles. The van der Waals surface area contributed by atoms with E-state index in [4.69, 9.17) is 4.74 Å². The zero-order valence-corrected chi connectivity index (χ0v) is 21.1. The number of ether oxygens (including phenoxy) is 1. The van der Waals surface area contributed by atoms with Crippen molar-refractivity contribution in [1.82, 2.24) is 14.8 Å². The Balaban J connectivity index is 1.41. The molecule has 2 aromatic heterocycles. The van der Waals surface area contributed by atoms with Gasteiger partial charge in [0.15, 0.2) is 5.65 Å². The fourth-order valence-corrected chi connectivity index (χ4v) is 4.32. The topological polar surface area (TPSA) is 112 Å². The molecular formula is C29H25N5O4. The van der Waals surface area contributed by atoms with E-state index in [0.29, 0.717) is 11.4 Å². The van der Waals surface area contributed by atoms with Crippen LogP contribution >= 0.6 is 0 Å². The first-order valence-corrected chi connectivity index (χ1v) is 12.0. The highest BCUT2D eigenvalue weighted by Crippen LogP contribution is 2.32. The van der Waals surface area contributed by atoms with Gasteiger partial charge in [0.2, 0.25) is 5.91 Å². The fourth-order valence-electron chi connectivity index (χ4n) is 4.32. The number of nitro benzene ring substituents is 1. The van der Waals surface area contributed by atoms with Gasteiger partial charge < -0.3 is 10.1 Å². The third kappa shape index (κ3) is 5.08. The molecule has 5 rings (SSSR count). The second-order valence-electron chi connectivity index (χ2n) is 9.05. The van der Waals surface area contributed by atoms with Crippen molar-refractivity contribution in [2.24, 2.45) is 0 Å². The smallest absolute Gasteiger partial charge is 0.275 e. The monoisotopic (exact) mass is 507 g/mol. The number of nitrogens with zero attached hydrogens (tertiary/aromatic N) is 4. The highest BCUT2D eigenvalue weighted by atomic mass is 16.6. The van der Waals surface area contributed by atoms with Crippen LogP contribution in [-0.4, -0.2) is 25.6 Å². The van der Waals surface area contributed by atoms with Crippen LogP contribution in [0.2, 0.25) is 0 Å². The largest absolute Gasteiger partial charge is 0.457 e. The summed E-state index contributed by atoms with van der Waals surface area (Å²) >= 11 is 0. The van der Waals surface area contributed by atoms with E-state index in [1.165, 1.54) is 12.1 Å². The first-order valence-electron chi connectivity index (χ1n) is 12.0. The summed E-state index contributed by atoms with van der Waals surface area (Å²) in [6, 6.07) is 21.6. The number of amides is 1. The molecular weight excluding hydrogens is 482 g/mol. The summed E-state index contributed by atoms with van der Waals surface area (Å²) < 4.78 is 7.42. The Morgan fingerprint density at radius 1 is 1.03 bits per heavy atom. The maximum absolute atomic E-state index is 13.0. The number of fused-ring (bicyclic) bond motifs is 1. The molecule has 0 radical (unpaired) electrons. The molecule has 190 valence electrons. The van der Waals surface area contributed by atoms with Crippen LogP contribution in [0, 0.1) is 30.9 Å². The Morgan fingerprint density at radius 3 is 2.53 bits per heavy atom. The minimum Gasteiger partial charge on any atom is -0.457 e. The van der Waals surface area contributed by atoms with Crippen LogP contribution in [0.25, 0.3) is 22.2 Å². The van der Waals surface area contributed by atoms with Crippen LogP contribution in [0.5, 0.6) is 11.5 Å². The number of rotatable bonds is 7. The van der Waals surface area contributed by atoms with E-state index < -0.39 is 10.8 Å². The molecule has 1 amide bonds. The summed E-state index contributed by atoms with van der Waals surface area (Å²) in [5, 5.41) is 19.7. The maximum Gasteiger partial charge on any atom is 0.275 e. The van der Waals surface area contributed by atoms with E-state index in [-0.39, 0.29) is 23.7 Å². The summed E-state index contributed by atoms with van der Waals surface area (Å²) in [6.07, 6.45) is 1.70. The first-order chi connectivity index (χ1) is 18.3. The number of anilines is 1. The van der Waals surface area contributed by atoms with Crippen molar-refractivity contribution in [1.29, 1.82) is 0 Å². The van der Waals surface area contributed by atoms with Gasteiger partial charge in [0.25, 0.3) is 5.69 Å². The molecule has 38 heavy (non-hydrogen) atoms. The van der Waals surface area contributed by atoms with Crippen LogP contribution < -0.4 is 10.1 Å². The minimum atomic E-state index is -0.527. The van der Waals surface area contributed by atoms with E-state index >= 15 is 0 Å². The summed E-state index contributed by atoms with van der Waals surface area (Å²) in [5.41, 5.74) is 5.44. The van der Waals surface area contributed by atoms with Crippen molar-refractivity contribution in [2.45, 2.75) is 27.3 Å². The van der Waals surface area contributed by atoms with Gasteiger partial charge in [-0.25, -0.2) is 9.67 Å². The van der Waals surface area contributed by atoms with Gasteiger partial charge >= 0.3 is 0 Å². The minimum absolute atomic E-state index is 0.120. The molecule has 9 heteroatoms. The number of nitrogens with one attached hydrogen (secondary N) is 1. The molecule has 0 aliphatic heterocycles. The van der Waals surface area contributed by atoms with E-state index in [1.54, 1.807) is 23.0 Å². The summed E-state index contributed by atoms with van der Waals surface area (Å²) in [5.74, 6) is 0.409. The molecule has 0 fully saturated rings. The Kier molecular flexibility index (Phi) is 6.57. The second-order valence-corrected chi connectivity index (χ2v) is 9.05. The Morgan fingerprint density at radius 2 is 1.79 bits per heavy atom. The average Bonchev–Trinajstić information content (AvgIpc) is 3.20. The molecule has 2 heterocycles. The maximum atomic E-state index is 13.0. The number of benzene rings is 3. The molecule has 0 saturated carbocycles. The molecule has 0 atom stereocenters. The van der Waals surface area contributed by atoms with Crippen LogP contribution in [0.15, 0.2) is 79.0 Å². The van der Waals surface area contributed by atoms with Crippen molar-refractivity contribution < 1.29 is 14.5 Å². The van der Waals surface area contributed by atoms with Crippen molar-refractivity contribution in [2.75, 3.05) is 5.32 Å². The van der Waals surface area contributed by atoms with Crippen molar-refractivity contribution in [3.63, 3.8) is 0 Å². The summed E-state index contributed by atoms with van der Waals surface area (Å²) in [7, 11) is 0. The van der Waals surface area contributed by atoms with Crippen molar-refractivity contribution in [3.05, 3.63) is 106 Å². The molecule has 0 saturated heterocycles. The lowest BCUT2D eigenvalue weighted by Crippen LogP contribution is -2.20. The summed E-state index contributed by atoms with van der Waals surface area (Å²) in [4.78, 5) is 28.5. The number of hydrogen-bond donors (Lipinski definition) is 1. The van der Waals surface area contributed by atoms with Crippen LogP contribution in [-0.2, 0) is 11.3 Å². The molecule has 1 N–H and O–H groups in total. The van der Waals surface area contributed by atoms with Crippen LogP contribution in [0.4, 0.5) is 11.4 Å². The van der Waals surface area contributed by atoms with Gasteiger partial charge in [-0.2, -0.15) is 5.10 Å². The molecule has 0 spiro atoms. The standard InChI is InChI=1S/C29H25N5O4/c1-18-8-10-21(11-9-18)25-12-13-30-29-28(25)20(3)32-33(29)17-27(35)31-22-14-23(34(36)37)16-24(15-22)38-26-7-5-4-6-19(26)2/h4-16H,17H2,1-3H3,(H,31,35). The normalized spacial score (nSPS) is 10.9. The zero-order valence-electron chi connectivity index (χ0n) is 21.1. The Hall–Kier alpha value is -5.05. The van der Waals surface area contributed by atoms with Crippen LogP contribution in [0.3, 0.4) is 0 Å². The van der Waals surface area contributed by atoms with Gasteiger partial charge in [-0.3, -0.25) is 14.9 Å². The molecule has 5 aromatic rings. The predicted molar refractivity (Wildman–Crippen MR) is 145 cm³/mol. The number of para-hydroxylation sites is 1. The number of aryl methyl sites for hydroxylation is 3. The van der Waals surface area contributed by atoms with Gasteiger partial charge in [-0.1, -0.05) is 48.0 Å². The predicted octanol–water partition coefficient (Wildman–Crippen LogP) is 6.36. The summed E-state index contributed by atoms with van der Waals surface area (Å²) in [6.45, 7) is 5.67. The Labute approximate surface area is 218 Å². The lowest BCUT2D eigenvalue weighted by atomic mass is 10.0. The molecule has 9 nitrogen and oxygen atoms in total. The fraction of sp³-hybridized carbons (Fsp3) is 0.138. The van der Waals surface area contributed by atoms with Crippen LogP contribution in [0.1, 0.15) is 16.8 Å². The number of nitro groups is 1. The number of pyridine rings is 1. The number of hydrogen-bond acceptors (Lipinski definition) is 6. The van der Waals surface area contributed by atoms with E-state index in [9.17, 15) is 14.9 Å². The van der Waals surface area contributed by atoms with Gasteiger partial charge in [0, 0.05) is 23.7 Å². The third-order valence-electron chi connectivity index (χ3n) is 6.17.